The molecule has 0 saturated carbocycles. The molecular formula is C12H22N2O5S. The van der Waals surface area contributed by atoms with E-state index in [-0.39, 0.29) is 6.54 Å². The molecule has 1 atom stereocenters. The second kappa shape index (κ2) is 6.09. The average Bonchev–Trinajstić information content (AvgIpc) is 2.73. The van der Waals surface area contributed by atoms with Crippen LogP contribution in [0.3, 0.4) is 0 Å². The largest absolute Gasteiger partial charge is 0.480 e. The first kappa shape index (κ1) is 16.9. The number of carboxylic acid groups (broad SMARTS) is 1. The molecule has 0 aromatic carbocycles. The number of hydrogen-bond donors (Lipinski definition) is 1. The lowest BCUT2D eigenvalue weighted by Crippen LogP contribution is -2.53. The van der Waals surface area contributed by atoms with Gasteiger partial charge < -0.3 is 10.0 Å². The van der Waals surface area contributed by atoms with E-state index in [0.29, 0.717) is 25.9 Å². The second-order valence-corrected chi connectivity index (χ2v) is 7.04. The SMILES string of the molecule is CCN(CC)S(=O)(=O)CC(=O)N1CCCC1(C)C(=O)O. The van der Waals surface area contributed by atoms with Crippen molar-refractivity contribution in [3.05, 3.63) is 0 Å². The van der Waals surface area contributed by atoms with Gasteiger partial charge in [0.2, 0.25) is 15.9 Å². The lowest BCUT2D eigenvalue weighted by Gasteiger charge is -2.31. The summed E-state index contributed by atoms with van der Waals surface area (Å²) in [7, 11) is -3.69. The summed E-state index contributed by atoms with van der Waals surface area (Å²) in [6.45, 7) is 5.73. The summed E-state index contributed by atoms with van der Waals surface area (Å²) < 4.78 is 25.4. The third kappa shape index (κ3) is 3.12. The number of sulfonamides is 1. The molecule has 116 valence electrons. The zero-order chi connectivity index (χ0) is 15.6. The van der Waals surface area contributed by atoms with Gasteiger partial charge in [-0.3, -0.25) is 4.79 Å². The molecule has 1 N–H and O–H groups in total. The van der Waals surface area contributed by atoms with Crippen LogP contribution in [0.15, 0.2) is 0 Å². The first-order chi connectivity index (χ1) is 9.19. The molecule has 1 heterocycles. The van der Waals surface area contributed by atoms with Crippen LogP contribution in [0.4, 0.5) is 0 Å². The van der Waals surface area contributed by atoms with Crippen molar-refractivity contribution in [1.29, 1.82) is 0 Å². The van der Waals surface area contributed by atoms with Crippen LogP contribution in [0, 0.1) is 0 Å². The first-order valence-corrected chi connectivity index (χ1v) is 8.31. The maximum Gasteiger partial charge on any atom is 0.329 e. The van der Waals surface area contributed by atoms with E-state index < -0.39 is 33.2 Å². The van der Waals surface area contributed by atoms with Crippen LogP contribution in [0.2, 0.25) is 0 Å². The summed E-state index contributed by atoms with van der Waals surface area (Å²) >= 11 is 0. The highest BCUT2D eigenvalue weighted by molar-refractivity contribution is 7.89. The van der Waals surface area contributed by atoms with E-state index in [2.05, 4.69) is 0 Å². The molecular weight excluding hydrogens is 284 g/mol. The molecule has 1 aliphatic heterocycles. The normalized spacial score (nSPS) is 23.3. The number of carbonyl (C=O) groups is 2. The van der Waals surface area contributed by atoms with Gasteiger partial charge in [0.15, 0.2) is 0 Å². The van der Waals surface area contributed by atoms with E-state index in [4.69, 9.17) is 0 Å². The molecule has 1 rings (SSSR count). The molecule has 0 aromatic heterocycles. The number of aliphatic carboxylic acids is 1. The van der Waals surface area contributed by atoms with Gasteiger partial charge >= 0.3 is 5.97 Å². The predicted molar refractivity (Wildman–Crippen MR) is 73.7 cm³/mol. The van der Waals surface area contributed by atoms with Crippen LogP contribution >= 0.6 is 0 Å². The monoisotopic (exact) mass is 306 g/mol. The van der Waals surface area contributed by atoms with Crippen molar-refractivity contribution < 1.29 is 23.1 Å². The van der Waals surface area contributed by atoms with E-state index in [1.807, 2.05) is 0 Å². The van der Waals surface area contributed by atoms with Crippen molar-refractivity contribution in [1.82, 2.24) is 9.21 Å². The van der Waals surface area contributed by atoms with E-state index in [1.165, 1.54) is 16.1 Å². The molecule has 0 spiro atoms. The topological polar surface area (TPSA) is 95.0 Å². The Morgan fingerprint density at radius 3 is 2.30 bits per heavy atom. The molecule has 0 aliphatic carbocycles. The molecule has 7 nitrogen and oxygen atoms in total. The van der Waals surface area contributed by atoms with Gasteiger partial charge in [0.1, 0.15) is 11.3 Å². The molecule has 1 fully saturated rings. The standard InChI is InChI=1S/C12H22N2O5S/c1-4-13(5-2)20(18,19)9-10(15)14-8-6-7-12(14,3)11(16)17/h4-9H2,1-3H3,(H,16,17). The summed E-state index contributed by atoms with van der Waals surface area (Å²) in [6, 6.07) is 0. The van der Waals surface area contributed by atoms with Crippen molar-refractivity contribution >= 4 is 21.9 Å². The molecule has 0 radical (unpaired) electrons. The van der Waals surface area contributed by atoms with Gasteiger partial charge in [-0.05, 0) is 19.8 Å². The van der Waals surface area contributed by atoms with E-state index in [1.54, 1.807) is 13.8 Å². The van der Waals surface area contributed by atoms with Crippen molar-refractivity contribution in [3.8, 4) is 0 Å². The van der Waals surface area contributed by atoms with Gasteiger partial charge in [-0.1, -0.05) is 13.8 Å². The Bertz CT molecular complexity index is 486. The summed E-state index contributed by atoms with van der Waals surface area (Å²) in [5.74, 6) is -2.40. The molecule has 0 bridgehead atoms. The smallest absolute Gasteiger partial charge is 0.329 e. The second-order valence-electron chi connectivity index (χ2n) is 5.07. The molecule has 1 unspecified atom stereocenters. The first-order valence-electron chi connectivity index (χ1n) is 6.70. The maximum atomic E-state index is 12.2. The Labute approximate surface area is 119 Å². The van der Waals surface area contributed by atoms with Crippen LogP contribution in [0.5, 0.6) is 0 Å². The molecule has 0 aromatic rings. The summed E-state index contributed by atoms with van der Waals surface area (Å²) in [4.78, 5) is 24.6. The number of hydrogen-bond acceptors (Lipinski definition) is 4. The minimum absolute atomic E-state index is 0.287. The number of amides is 1. The van der Waals surface area contributed by atoms with Crippen LogP contribution in [-0.4, -0.2) is 65.5 Å². The third-order valence-electron chi connectivity index (χ3n) is 3.81. The highest BCUT2D eigenvalue weighted by atomic mass is 32.2. The van der Waals surface area contributed by atoms with Gasteiger partial charge in [-0.2, -0.15) is 0 Å². The van der Waals surface area contributed by atoms with E-state index in [0.717, 1.165) is 0 Å². The van der Waals surface area contributed by atoms with Crippen molar-refractivity contribution in [2.24, 2.45) is 0 Å². The highest BCUT2D eigenvalue weighted by Crippen LogP contribution is 2.29. The number of rotatable bonds is 6. The molecule has 1 aliphatic rings. The molecule has 1 amide bonds. The maximum absolute atomic E-state index is 12.2. The zero-order valence-corrected chi connectivity index (χ0v) is 12.9. The quantitative estimate of drug-likeness (QED) is 0.752. The number of nitrogens with zero attached hydrogens (tertiary/aromatic N) is 2. The summed E-state index contributed by atoms with van der Waals surface area (Å²) in [5, 5.41) is 9.24. The fraction of sp³-hybridized carbons (Fsp3) is 0.833. The summed E-state index contributed by atoms with van der Waals surface area (Å²) in [6.07, 6.45) is 0.916. The van der Waals surface area contributed by atoms with Gasteiger partial charge in [-0.15, -0.1) is 0 Å². The number of carboxylic acids is 1. The van der Waals surface area contributed by atoms with Crippen LogP contribution in [-0.2, 0) is 19.6 Å². The fourth-order valence-corrected chi connectivity index (χ4v) is 3.96. The fourth-order valence-electron chi connectivity index (χ4n) is 2.53. The Morgan fingerprint density at radius 2 is 1.85 bits per heavy atom. The number of carbonyl (C=O) groups excluding carboxylic acids is 1. The highest BCUT2D eigenvalue weighted by Gasteiger charge is 2.46. The predicted octanol–water partition coefficient (Wildman–Crippen LogP) is 0.124. The molecule has 8 heteroatoms. The molecule has 20 heavy (non-hydrogen) atoms. The lowest BCUT2D eigenvalue weighted by atomic mass is 9.99. The minimum atomic E-state index is -3.69. The Balaban J connectivity index is 2.89. The van der Waals surface area contributed by atoms with Crippen molar-refractivity contribution in [2.45, 2.75) is 39.2 Å². The Hall–Kier alpha value is -1.15. The van der Waals surface area contributed by atoms with Gasteiger partial charge in [0, 0.05) is 19.6 Å². The van der Waals surface area contributed by atoms with E-state index >= 15 is 0 Å². The van der Waals surface area contributed by atoms with Crippen molar-refractivity contribution in [2.75, 3.05) is 25.4 Å². The molecule has 1 saturated heterocycles. The average molecular weight is 306 g/mol. The third-order valence-corrected chi connectivity index (χ3v) is 5.72. The van der Waals surface area contributed by atoms with Gasteiger partial charge in [0.05, 0.1) is 0 Å². The minimum Gasteiger partial charge on any atom is -0.480 e. The Kier molecular flexibility index (Phi) is 5.15. The van der Waals surface area contributed by atoms with E-state index in [9.17, 15) is 23.1 Å². The van der Waals surface area contributed by atoms with Crippen LogP contribution in [0.1, 0.15) is 33.6 Å². The van der Waals surface area contributed by atoms with Gasteiger partial charge in [-0.25, -0.2) is 17.5 Å². The number of likely N-dealkylation sites (tertiary alicyclic amines) is 1. The van der Waals surface area contributed by atoms with Crippen LogP contribution < -0.4 is 0 Å². The van der Waals surface area contributed by atoms with Crippen molar-refractivity contribution in [3.63, 3.8) is 0 Å². The van der Waals surface area contributed by atoms with Crippen LogP contribution in [0.25, 0.3) is 0 Å². The van der Waals surface area contributed by atoms with Gasteiger partial charge in [0.25, 0.3) is 0 Å². The summed E-state index contributed by atoms with van der Waals surface area (Å²) in [5.41, 5.74) is -1.30. The Morgan fingerprint density at radius 1 is 1.30 bits per heavy atom. The zero-order valence-electron chi connectivity index (χ0n) is 12.1. The lowest BCUT2D eigenvalue weighted by molar-refractivity contribution is -0.154.